The molecule has 2 fully saturated rings. The minimum atomic E-state index is -0.262. The highest BCUT2D eigenvalue weighted by Crippen LogP contribution is 2.41. The van der Waals surface area contributed by atoms with Crippen molar-refractivity contribution in [3.63, 3.8) is 0 Å². The predicted molar refractivity (Wildman–Crippen MR) is 92.8 cm³/mol. The molecule has 2 bridgehead atoms. The summed E-state index contributed by atoms with van der Waals surface area (Å²) in [6.45, 7) is 0.827. The van der Waals surface area contributed by atoms with E-state index in [4.69, 9.17) is 10.2 Å². The van der Waals surface area contributed by atoms with E-state index in [0.717, 1.165) is 25.7 Å². The van der Waals surface area contributed by atoms with Gasteiger partial charge in [0, 0.05) is 25.0 Å². The molecule has 2 aliphatic rings. The monoisotopic (exact) mass is 355 g/mol. The highest BCUT2D eigenvalue weighted by molar-refractivity contribution is 5.91. The molecule has 0 aliphatic heterocycles. The van der Waals surface area contributed by atoms with Crippen LogP contribution >= 0.6 is 12.4 Å². The molecule has 0 spiro atoms. The third kappa shape index (κ3) is 4.30. The van der Waals surface area contributed by atoms with Crippen LogP contribution in [-0.2, 0) is 4.79 Å². The van der Waals surface area contributed by atoms with Gasteiger partial charge in [0.2, 0.25) is 5.91 Å². The lowest BCUT2D eigenvalue weighted by atomic mass is 9.65. The van der Waals surface area contributed by atoms with E-state index < -0.39 is 0 Å². The fraction of sp³-hybridized carbons (Fsp3) is 0.647. The molecule has 0 saturated heterocycles. The quantitative estimate of drug-likeness (QED) is 0.700. The number of fused-ring (bicyclic) bond motifs is 2. The number of halogens is 1. The highest BCUT2D eigenvalue weighted by atomic mass is 35.5. The first-order chi connectivity index (χ1) is 11.1. The first-order valence-electron chi connectivity index (χ1n) is 8.50. The van der Waals surface area contributed by atoms with Crippen molar-refractivity contribution >= 4 is 24.2 Å². The molecule has 3 rings (SSSR count). The molecule has 2 aliphatic carbocycles. The number of hydrogen-bond acceptors (Lipinski definition) is 4. The number of amides is 2. The van der Waals surface area contributed by atoms with Crippen molar-refractivity contribution in [2.75, 3.05) is 13.1 Å². The average molecular weight is 356 g/mol. The van der Waals surface area contributed by atoms with Crippen molar-refractivity contribution in [1.29, 1.82) is 0 Å². The number of nitrogens with two attached hydrogens (primary N) is 1. The molecule has 2 saturated carbocycles. The molecule has 1 aromatic heterocycles. The fourth-order valence-electron chi connectivity index (χ4n) is 4.00. The Kier molecular flexibility index (Phi) is 6.69. The third-order valence-corrected chi connectivity index (χ3v) is 5.24. The van der Waals surface area contributed by atoms with Gasteiger partial charge in [-0.05, 0) is 49.7 Å². The van der Waals surface area contributed by atoms with Crippen LogP contribution in [0.2, 0.25) is 0 Å². The first kappa shape index (κ1) is 18.8. The summed E-state index contributed by atoms with van der Waals surface area (Å²) < 4.78 is 5.01. The minimum absolute atomic E-state index is 0. The summed E-state index contributed by atoms with van der Waals surface area (Å²) in [5.74, 6) is 1.19. The van der Waals surface area contributed by atoms with Crippen LogP contribution < -0.4 is 16.4 Å². The number of furan rings is 1. The topological polar surface area (TPSA) is 97.4 Å². The van der Waals surface area contributed by atoms with E-state index in [1.54, 1.807) is 12.1 Å². The van der Waals surface area contributed by atoms with E-state index in [1.807, 2.05) is 0 Å². The van der Waals surface area contributed by atoms with Gasteiger partial charge in [-0.3, -0.25) is 9.59 Å². The maximum absolute atomic E-state index is 12.3. The Hall–Kier alpha value is -1.53. The summed E-state index contributed by atoms with van der Waals surface area (Å²) >= 11 is 0. The molecule has 1 heterocycles. The van der Waals surface area contributed by atoms with Crippen molar-refractivity contribution in [3.8, 4) is 0 Å². The van der Waals surface area contributed by atoms with Crippen LogP contribution in [0.1, 0.15) is 42.7 Å². The second-order valence-electron chi connectivity index (χ2n) is 6.72. The number of carbonyl (C=O) groups excluding carboxylic acids is 2. The van der Waals surface area contributed by atoms with Gasteiger partial charge >= 0.3 is 0 Å². The normalized spacial score (nSPS) is 28.5. The molecule has 2 atom stereocenters. The largest absolute Gasteiger partial charge is 0.459 e. The second-order valence-corrected chi connectivity index (χ2v) is 6.72. The summed E-state index contributed by atoms with van der Waals surface area (Å²) in [4.78, 5) is 24.0. The van der Waals surface area contributed by atoms with Crippen LogP contribution in [-0.4, -0.2) is 30.9 Å². The van der Waals surface area contributed by atoms with Crippen LogP contribution in [0.25, 0.3) is 0 Å². The Morgan fingerprint density at radius 2 is 1.83 bits per heavy atom. The summed E-state index contributed by atoms with van der Waals surface area (Å²) in [6, 6.07) is 3.56. The van der Waals surface area contributed by atoms with E-state index in [9.17, 15) is 9.59 Å². The van der Waals surface area contributed by atoms with Crippen molar-refractivity contribution in [3.05, 3.63) is 24.2 Å². The van der Waals surface area contributed by atoms with Gasteiger partial charge in [-0.15, -0.1) is 12.4 Å². The molecule has 0 radical (unpaired) electrons. The Labute approximate surface area is 148 Å². The molecule has 1 aromatic rings. The summed E-state index contributed by atoms with van der Waals surface area (Å²) in [7, 11) is 0. The van der Waals surface area contributed by atoms with Crippen LogP contribution in [0.15, 0.2) is 22.8 Å². The van der Waals surface area contributed by atoms with Crippen LogP contribution in [0.3, 0.4) is 0 Å². The SMILES string of the molecule is Cl.NC1C2CCCC1CC(C(=O)NCCNC(=O)c1ccco1)C2. The number of rotatable bonds is 5. The Bertz CT molecular complexity index is 535. The van der Waals surface area contributed by atoms with Crippen LogP contribution in [0, 0.1) is 17.8 Å². The molecular formula is C17H26ClN3O3. The van der Waals surface area contributed by atoms with Gasteiger partial charge in [0.1, 0.15) is 0 Å². The van der Waals surface area contributed by atoms with Gasteiger partial charge in [-0.1, -0.05) is 6.42 Å². The molecule has 134 valence electrons. The molecule has 4 N–H and O–H groups in total. The Morgan fingerprint density at radius 3 is 2.46 bits per heavy atom. The highest BCUT2D eigenvalue weighted by Gasteiger charge is 2.40. The zero-order valence-corrected chi connectivity index (χ0v) is 14.5. The van der Waals surface area contributed by atoms with Gasteiger partial charge in [-0.25, -0.2) is 0 Å². The summed E-state index contributed by atoms with van der Waals surface area (Å²) in [5, 5.41) is 5.65. The van der Waals surface area contributed by atoms with Crippen molar-refractivity contribution in [2.45, 2.75) is 38.1 Å². The smallest absolute Gasteiger partial charge is 0.287 e. The Morgan fingerprint density at radius 1 is 1.17 bits per heavy atom. The molecular weight excluding hydrogens is 330 g/mol. The second kappa shape index (κ2) is 8.53. The lowest BCUT2D eigenvalue weighted by molar-refractivity contribution is -0.127. The zero-order valence-electron chi connectivity index (χ0n) is 13.7. The molecule has 2 unspecified atom stereocenters. The van der Waals surface area contributed by atoms with Crippen molar-refractivity contribution < 1.29 is 14.0 Å². The summed E-state index contributed by atoms with van der Waals surface area (Å²) in [5.41, 5.74) is 6.26. The van der Waals surface area contributed by atoms with E-state index in [2.05, 4.69) is 10.6 Å². The van der Waals surface area contributed by atoms with E-state index >= 15 is 0 Å². The van der Waals surface area contributed by atoms with Crippen molar-refractivity contribution in [1.82, 2.24) is 10.6 Å². The van der Waals surface area contributed by atoms with E-state index in [0.29, 0.717) is 24.9 Å². The number of hydrogen-bond donors (Lipinski definition) is 3. The van der Waals surface area contributed by atoms with Crippen LogP contribution in [0.5, 0.6) is 0 Å². The van der Waals surface area contributed by atoms with Crippen LogP contribution in [0.4, 0.5) is 0 Å². The van der Waals surface area contributed by atoms with Gasteiger partial charge in [0.15, 0.2) is 5.76 Å². The summed E-state index contributed by atoms with van der Waals surface area (Å²) in [6.07, 6.45) is 6.82. The standard InChI is InChI=1S/C17H25N3O3.ClH/c18-15-11-3-1-4-12(15)10-13(9-11)16(21)19-6-7-20-17(22)14-5-2-8-23-14;/h2,5,8,11-13,15H,1,3-4,6-7,9-10,18H2,(H,19,21)(H,20,22);1H. The zero-order chi connectivity index (χ0) is 16.2. The molecule has 2 amide bonds. The third-order valence-electron chi connectivity index (χ3n) is 5.24. The molecule has 7 heteroatoms. The lowest BCUT2D eigenvalue weighted by Gasteiger charge is -2.43. The van der Waals surface area contributed by atoms with Gasteiger partial charge in [-0.2, -0.15) is 0 Å². The number of nitrogens with one attached hydrogen (secondary N) is 2. The van der Waals surface area contributed by atoms with Gasteiger partial charge in [0.25, 0.3) is 5.91 Å². The number of carbonyl (C=O) groups is 2. The van der Waals surface area contributed by atoms with Gasteiger partial charge < -0.3 is 20.8 Å². The predicted octanol–water partition coefficient (Wildman–Crippen LogP) is 1.70. The fourth-order valence-corrected chi connectivity index (χ4v) is 4.00. The maximum Gasteiger partial charge on any atom is 0.287 e. The minimum Gasteiger partial charge on any atom is -0.459 e. The van der Waals surface area contributed by atoms with E-state index in [-0.39, 0.29) is 41.9 Å². The average Bonchev–Trinajstić information content (AvgIpc) is 3.05. The van der Waals surface area contributed by atoms with E-state index in [1.165, 1.54) is 12.7 Å². The van der Waals surface area contributed by atoms with Crippen molar-refractivity contribution in [2.24, 2.45) is 23.5 Å². The maximum atomic E-state index is 12.3. The Balaban J connectivity index is 0.00000208. The van der Waals surface area contributed by atoms with Gasteiger partial charge in [0.05, 0.1) is 6.26 Å². The molecule has 24 heavy (non-hydrogen) atoms. The molecule has 6 nitrogen and oxygen atoms in total. The molecule has 0 aromatic carbocycles. The first-order valence-corrected chi connectivity index (χ1v) is 8.50. The lowest BCUT2D eigenvalue weighted by Crippen LogP contribution is -2.49.